The van der Waals surface area contributed by atoms with Gasteiger partial charge in [-0.2, -0.15) is 0 Å². The van der Waals surface area contributed by atoms with Crippen molar-refractivity contribution < 1.29 is 29.0 Å². The van der Waals surface area contributed by atoms with Crippen LogP contribution in [-0.2, 0) is 14.3 Å². The highest BCUT2D eigenvalue weighted by atomic mass is 16.6. The van der Waals surface area contributed by atoms with Gasteiger partial charge >= 0.3 is 5.97 Å². The molecule has 0 aliphatic carbocycles. The number of nitrogens with zero attached hydrogens (tertiary/aromatic N) is 3. The minimum absolute atomic E-state index is 0.0229. The Bertz CT molecular complexity index is 968. The van der Waals surface area contributed by atoms with Gasteiger partial charge in [-0.25, -0.2) is 0 Å². The molecular formula is C25H36N4O8. The predicted molar refractivity (Wildman–Crippen MR) is 135 cm³/mol. The van der Waals surface area contributed by atoms with Crippen molar-refractivity contribution in [3.05, 3.63) is 44.0 Å². The van der Waals surface area contributed by atoms with E-state index in [9.17, 15) is 34.6 Å². The number of ether oxygens (including phenoxy) is 1. The number of nitro groups is 2. The minimum Gasteiger partial charge on any atom is -0.466 e. The summed E-state index contributed by atoms with van der Waals surface area (Å²) < 4.78 is 5.26. The van der Waals surface area contributed by atoms with Crippen molar-refractivity contribution in [2.24, 2.45) is 0 Å². The number of benzene rings is 1. The standard InChI is InChI=1S/C25H36N4O8/c1-2-3-4-5-6-7-8-9-10-11-16-37-23(30)18-22-24(31)26-14-15-27(22)25(32)20-13-12-19(28(33)34)17-21(20)29(35)36/h12-13,17,22H,2-11,14-16,18H2,1H3,(H,26,31). The average Bonchev–Trinajstić information content (AvgIpc) is 2.87. The highest BCUT2D eigenvalue weighted by molar-refractivity contribution is 6.02. The Morgan fingerprint density at radius 1 is 1.00 bits per heavy atom. The summed E-state index contributed by atoms with van der Waals surface area (Å²) >= 11 is 0. The van der Waals surface area contributed by atoms with Crippen LogP contribution in [0.15, 0.2) is 18.2 Å². The number of carbonyl (C=O) groups is 3. The second-order valence-electron chi connectivity index (χ2n) is 9.13. The van der Waals surface area contributed by atoms with Crippen LogP contribution in [0.3, 0.4) is 0 Å². The molecule has 0 aromatic heterocycles. The number of rotatable bonds is 16. The summed E-state index contributed by atoms with van der Waals surface area (Å²) in [5, 5.41) is 25.0. The van der Waals surface area contributed by atoms with Gasteiger partial charge in [-0.3, -0.25) is 34.6 Å². The number of nitrogens with one attached hydrogen (secondary N) is 1. The fourth-order valence-electron chi connectivity index (χ4n) is 4.27. The highest BCUT2D eigenvalue weighted by Gasteiger charge is 2.38. The van der Waals surface area contributed by atoms with Crippen molar-refractivity contribution in [1.29, 1.82) is 0 Å². The molecule has 1 unspecified atom stereocenters. The molecule has 1 atom stereocenters. The first-order valence-corrected chi connectivity index (χ1v) is 12.9. The molecule has 1 aliphatic heterocycles. The zero-order chi connectivity index (χ0) is 27.2. The van der Waals surface area contributed by atoms with Gasteiger partial charge in [0.05, 0.1) is 28.9 Å². The third-order valence-electron chi connectivity index (χ3n) is 6.33. The van der Waals surface area contributed by atoms with E-state index in [4.69, 9.17) is 4.74 Å². The molecular weight excluding hydrogens is 484 g/mol. The number of carbonyl (C=O) groups excluding carboxylic acids is 3. The molecule has 12 heteroatoms. The van der Waals surface area contributed by atoms with E-state index in [2.05, 4.69) is 12.2 Å². The number of nitro benzene ring substituents is 2. The zero-order valence-electron chi connectivity index (χ0n) is 21.3. The van der Waals surface area contributed by atoms with E-state index in [1.165, 1.54) is 38.5 Å². The Kier molecular flexibility index (Phi) is 12.4. The second-order valence-corrected chi connectivity index (χ2v) is 9.13. The molecule has 204 valence electrons. The van der Waals surface area contributed by atoms with Crippen molar-refractivity contribution in [3.8, 4) is 0 Å². The van der Waals surface area contributed by atoms with Crippen LogP contribution >= 0.6 is 0 Å². The second kappa shape index (κ2) is 15.5. The molecule has 1 aliphatic rings. The predicted octanol–water partition coefficient (Wildman–Crippen LogP) is 4.30. The van der Waals surface area contributed by atoms with Crippen molar-refractivity contribution in [1.82, 2.24) is 10.2 Å². The number of amides is 2. The van der Waals surface area contributed by atoms with Crippen LogP contribution in [0.2, 0.25) is 0 Å². The molecule has 2 rings (SSSR count). The molecule has 0 saturated carbocycles. The van der Waals surface area contributed by atoms with E-state index in [0.717, 1.165) is 36.3 Å². The van der Waals surface area contributed by atoms with Crippen LogP contribution in [0.1, 0.15) is 87.9 Å². The lowest BCUT2D eigenvalue weighted by Gasteiger charge is -2.34. The quantitative estimate of drug-likeness (QED) is 0.146. The van der Waals surface area contributed by atoms with E-state index in [0.29, 0.717) is 12.5 Å². The van der Waals surface area contributed by atoms with Gasteiger partial charge in [0.1, 0.15) is 11.6 Å². The topological polar surface area (TPSA) is 162 Å². The van der Waals surface area contributed by atoms with E-state index < -0.39 is 57.0 Å². The maximum absolute atomic E-state index is 13.1. The largest absolute Gasteiger partial charge is 0.466 e. The van der Waals surface area contributed by atoms with Gasteiger partial charge in [0.25, 0.3) is 17.3 Å². The van der Waals surface area contributed by atoms with Gasteiger partial charge in [0, 0.05) is 19.2 Å². The van der Waals surface area contributed by atoms with Crippen LogP contribution in [-0.4, -0.2) is 58.3 Å². The lowest BCUT2D eigenvalue weighted by molar-refractivity contribution is -0.394. The van der Waals surface area contributed by atoms with Crippen LogP contribution < -0.4 is 5.32 Å². The van der Waals surface area contributed by atoms with Gasteiger partial charge < -0.3 is 15.0 Å². The Labute approximate surface area is 216 Å². The van der Waals surface area contributed by atoms with E-state index >= 15 is 0 Å². The molecule has 1 saturated heterocycles. The van der Waals surface area contributed by atoms with Gasteiger partial charge in [0.15, 0.2) is 0 Å². The number of hydrogen-bond acceptors (Lipinski definition) is 8. The molecule has 1 fully saturated rings. The molecule has 0 radical (unpaired) electrons. The fraction of sp³-hybridized carbons (Fsp3) is 0.640. The van der Waals surface area contributed by atoms with E-state index in [1.54, 1.807) is 0 Å². The molecule has 37 heavy (non-hydrogen) atoms. The van der Waals surface area contributed by atoms with Crippen LogP contribution in [0.5, 0.6) is 0 Å². The van der Waals surface area contributed by atoms with Crippen molar-refractivity contribution in [2.75, 3.05) is 19.7 Å². The monoisotopic (exact) mass is 520 g/mol. The first-order chi connectivity index (χ1) is 17.8. The number of hydrogen-bond donors (Lipinski definition) is 1. The molecule has 1 aromatic rings. The maximum atomic E-state index is 13.1. The maximum Gasteiger partial charge on any atom is 0.308 e. The normalized spacial score (nSPS) is 15.2. The fourth-order valence-corrected chi connectivity index (χ4v) is 4.27. The Morgan fingerprint density at radius 2 is 1.62 bits per heavy atom. The SMILES string of the molecule is CCCCCCCCCCCCOC(=O)CC1C(=O)NCCN1C(=O)c1ccc([N+](=O)[O-])cc1[N+](=O)[O-]. The molecule has 1 aromatic carbocycles. The zero-order valence-corrected chi connectivity index (χ0v) is 21.3. The lowest BCUT2D eigenvalue weighted by atomic mass is 10.0. The minimum atomic E-state index is -1.20. The summed E-state index contributed by atoms with van der Waals surface area (Å²) in [5.41, 5.74) is -1.67. The third-order valence-corrected chi connectivity index (χ3v) is 6.33. The first kappa shape index (κ1) is 29.7. The first-order valence-electron chi connectivity index (χ1n) is 12.9. The highest BCUT2D eigenvalue weighted by Crippen LogP contribution is 2.27. The molecule has 2 amide bonds. The van der Waals surface area contributed by atoms with E-state index in [-0.39, 0.29) is 19.7 Å². The summed E-state index contributed by atoms with van der Waals surface area (Å²) in [5.74, 6) is -2.07. The molecule has 1 heterocycles. The Balaban J connectivity index is 1.87. The molecule has 12 nitrogen and oxygen atoms in total. The number of piperazine rings is 1. The third kappa shape index (κ3) is 9.43. The van der Waals surface area contributed by atoms with Gasteiger partial charge in [-0.15, -0.1) is 0 Å². The van der Waals surface area contributed by atoms with Crippen LogP contribution in [0.25, 0.3) is 0 Å². The molecule has 0 spiro atoms. The van der Waals surface area contributed by atoms with Crippen molar-refractivity contribution >= 4 is 29.2 Å². The van der Waals surface area contributed by atoms with E-state index in [1.807, 2.05) is 0 Å². The lowest BCUT2D eigenvalue weighted by Crippen LogP contribution is -2.57. The number of non-ortho nitro benzene ring substituents is 1. The van der Waals surface area contributed by atoms with Gasteiger partial charge in [-0.1, -0.05) is 64.7 Å². The summed E-state index contributed by atoms with van der Waals surface area (Å²) in [6.07, 6.45) is 11.0. The number of unbranched alkanes of at least 4 members (excludes halogenated alkanes) is 9. The molecule has 1 N–H and O–H groups in total. The summed E-state index contributed by atoms with van der Waals surface area (Å²) in [4.78, 5) is 59.8. The smallest absolute Gasteiger partial charge is 0.308 e. The summed E-state index contributed by atoms with van der Waals surface area (Å²) in [6.45, 7) is 2.54. The molecule has 0 bridgehead atoms. The van der Waals surface area contributed by atoms with Crippen LogP contribution in [0.4, 0.5) is 11.4 Å². The van der Waals surface area contributed by atoms with Crippen molar-refractivity contribution in [3.63, 3.8) is 0 Å². The van der Waals surface area contributed by atoms with Crippen LogP contribution in [0, 0.1) is 20.2 Å². The summed E-state index contributed by atoms with van der Waals surface area (Å²) in [6, 6.07) is 1.48. The van der Waals surface area contributed by atoms with Gasteiger partial charge in [0.2, 0.25) is 5.91 Å². The average molecular weight is 521 g/mol. The Hall–Kier alpha value is -3.57. The summed E-state index contributed by atoms with van der Waals surface area (Å²) in [7, 11) is 0. The number of esters is 1. The van der Waals surface area contributed by atoms with Gasteiger partial charge in [-0.05, 0) is 12.5 Å². The Morgan fingerprint density at radius 3 is 2.22 bits per heavy atom. The van der Waals surface area contributed by atoms with Crippen molar-refractivity contribution in [2.45, 2.75) is 83.6 Å².